The summed E-state index contributed by atoms with van der Waals surface area (Å²) in [4.78, 5) is 18.1. The zero-order chi connectivity index (χ0) is 17.2. The molecule has 0 spiro atoms. The van der Waals surface area contributed by atoms with Gasteiger partial charge in [0.2, 0.25) is 0 Å². The third-order valence-electron chi connectivity index (χ3n) is 4.42. The third kappa shape index (κ3) is 3.41. The molecule has 128 valence electrons. The molecule has 0 bridgehead atoms. The lowest BCUT2D eigenvalue weighted by molar-refractivity contribution is 0.617. The molecular weight excluding hydrogens is 355 g/mol. The van der Waals surface area contributed by atoms with Crippen molar-refractivity contribution in [1.82, 2.24) is 9.55 Å². The largest absolute Gasteiger partial charge is 0.349 e. The van der Waals surface area contributed by atoms with E-state index in [1.165, 1.54) is 17.8 Å². The minimum absolute atomic E-state index is 0.204. The van der Waals surface area contributed by atoms with E-state index in [1.807, 2.05) is 23.6 Å². The predicted octanol–water partition coefficient (Wildman–Crippen LogP) is 4.27. The summed E-state index contributed by atoms with van der Waals surface area (Å²) >= 11 is 3.11. The molecule has 0 unspecified atom stereocenters. The van der Waals surface area contributed by atoms with Crippen LogP contribution in [0.3, 0.4) is 0 Å². The lowest BCUT2D eigenvalue weighted by atomic mass is 10.2. The Balaban J connectivity index is 1.64. The highest BCUT2D eigenvalue weighted by molar-refractivity contribution is 7.98. The van der Waals surface area contributed by atoms with Crippen LogP contribution in [-0.2, 0) is 25.1 Å². The van der Waals surface area contributed by atoms with Gasteiger partial charge in [0.1, 0.15) is 10.8 Å². The summed E-state index contributed by atoms with van der Waals surface area (Å²) in [5.74, 6) is 0.276. The van der Waals surface area contributed by atoms with Crippen LogP contribution in [0.4, 0.5) is 4.39 Å². The van der Waals surface area contributed by atoms with Crippen molar-refractivity contribution in [2.45, 2.75) is 36.6 Å². The summed E-state index contributed by atoms with van der Waals surface area (Å²) in [5, 5.41) is 2.79. The van der Waals surface area contributed by atoms with Crippen LogP contribution in [0.2, 0.25) is 0 Å². The number of aromatic nitrogens is 2. The number of thioether (sulfide) groups is 1. The molecule has 0 amide bonds. The second kappa shape index (κ2) is 7.14. The molecule has 0 radical (unpaired) electrons. The summed E-state index contributed by atoms with van der Waals surface area (Å²) in [6, 6.07) is 10.8. The highest BCUT2D eigenvalue weighted by Gasteiger charge is 2.22. The fourth-order valence-corrected chi connectivity index (χ4v) is 4.94. The number of thiophene rings is 1. The molecule has 0 saturated heterocycles. The van der Waals surface area contributed by atoms with E-state index >= 15 is 0 Å². The fourth-order valence-electron chi connectivity index (χ4n) is 3.19. The molecule has 3 nitrogen and oxygen atoms in total. The van der Waals surface area contributed by atoms with E-state index in [0.29, 0.717) is 17.9 Å². The van der Waals surface area contributed by atoms with Crippen LogP contribution in [0.1, 0.15) is 28.1 Å². The molecular formula is C19H17FN2OS2. The number of nitrogens with zero attached hydrogens (tertiary/aromatic N) is 2. The molecule has 0 saturated carbocycles. The molecule has 2 aromatic heterocycles. The van der Waals surface area contributed by atoms with Gasteiger partial charge in [0.15, 0.2) is 0 Å². The van der Waals surface area contributed by atoms with Gasteiger partial charge in [0.25, 0.3) is 0 Å². The monoisotopic (exact) mass is 372 g/mol. The van der Waals surface area contributed by atoms with Crippen molar-refractivity contribution < 1.29 is 4.39 Å². The first-order chi connectivity index (χ1) is 12.2. The number of hydrogen-bond donors (Lipinski definition) is 0. The van der Waals surface area contributed by atoms with Crippen molar-refractivity contribution in [2.75, 3.05) is 0 Å². The average molecular weight is 372 g/mol. The van der Waals surface area contributed by atoms with Gasteiger partial charge in [-0.25, -0.2) is 9.18 Å². The number of halogens is 1. The van der Waals surface area contributed by atoms with E-state index in [0.717, 1.165) is 40.4 Å². The SMILES string of the molecule is O=c1nc(SCc2ccccc2F)c2c(n1Cc1cccs1)CCC2. The maximum atomic E-state index is 13.8. The van der Waals surface area contributed by atoms with Crippen molar-refractivity contribution in [3.8, 4) is 0 Å². The lowest BCUT2D eigenvalue weighted by Crippen LogP contribution is -2.27. The molecule has 3 aromatic rings. The van der Waals surface area contributed by atoms with Crippen molar-refractivity contribution in [1.29, 1.82) is 0 Å². The Morgan fingerprint density at radius 2 is 2.08 bits per heavy atom. The maximum absolute atomic E-state index is 13.8. The van der Waals surface area contributed by atoms with E-state index in [1.54, 1.807) is 28.0 Å². The Bertz CT molecular complexity index is 951. The van der Waals surface area contributed by atoms with Gasteiger partial charge in [-0.3, -0.25) is 4.57 Å². The van der Waals surface area contributed by atoms with E-state index in [9.17, 15) is 9.18 Å². The van der Waals surface area contributed by atoms with Crippen LogP contribution in [0.25, 0.3) is 0 Å². The average Bonchev–Trinajstić information content (AvgIpc) is 3.28. The fraction of sp³-hybridized carbons (Fsp3) is 0.263. The topological polar surface area (TPSA) is 34.9 Å². The smallest absolute Gasteiger partial charge is 0.291 e. The summed E-state index contributed by atoms with van der Waals surface area (Å²) < 4.78 is 15.6. The molecule has 25 heavy (non-hydrogen) atoms. The molecule has 0 N–H and O–H groups in total. The Morgan fingerprint density at radius 1 is 1.20 bits per heavy atom. The van der Waals surface area contributed by atoms with Crippen LogP contribution in [0.5, 0.6) is 0 Å². The van der Waals surface area contributed by atoms with Gasteiger partial charge in [-0.15, -0.1) is 23.1 Å². The third-order valence-corrected chi connectivity index (χ3v) is 6.34. The molecule has 0 fully saturated rings. The molecule has 4 rings (SSSR count). The summed E-state index contributed by atoms with van der Waals surface area (Å²) in [6.45, 7) is 0.587. The zero-order valence-corrected chi connectivity index (χ0v) is 15.2. The lowest BCUT2D eigenvalue weighted by Gasteiger charge is -2.13. The van der Waals surface area contributed by atoms with Gasteiger partial charge < -0.3 is 0 Å². The Labute approximate surface area is 153 Å². The van der Waals surface area contributed by atoms with E-state index in [2.05, 4.69) is 4.98 Å². The number of fused-ring (bicyclic) bond motifs is 1. The minimum Gasteiger partial charge on any atom is -0.291 e. The number of rotatable bonds is 5. The quantitative estimate of drug-likeness (QED) is 0.495. The van der Waals surface area contributed by atoms with E-state index in [-0.39, 0.29) is 11.5 Å². The van der Waals surface area contributed by atoms with Crippen LogP contribution >= 0.6 is 23.1 Å². The molecule has 0 aliphatic heterocycles. The Morgan fingerprint density at radius 3 is 2.88 bits per heavy atom. The summed E-state index contributed by atoms with van der Waals surface area (Å²) in [6.07, 6.45) is 2.89. The van der Waals surface area contributed by atoms with Crippen LogP contribution in [-0.4, -0.2) is 9.55 Å². The maximum Gasteiger partial charge on any atom is 0.349 e. The first-order valence-corrected chi connectivity index (χ1v) is 10.1. The van der Waals surface area contributed by atoms with Gasteiger partial charge in [-0.05, 0) is 42.3 Å². The zero-order valence-electron chi connectivity index (χ0n) is 13.6. The van der Waals surface area contributed by atoms with Crippen molar-refractivity contribution in [3.63, 3.8) is 0 Å². The van der Waals surface area contributed by atoms with Gasteiger partial charge in [-0.2, -0.15) is 4.98 Å². The Hall–Kier alpha value is -1.92. The van der Waals surface area contributed by atoms with Gasteiger partial charge in [0, 0.05) is 21.9 Å². The molecule has 2 heterocycles. The summed E-state index contributed by atoms with van der Waals surface area (Å²) in [5.41, 5.74) is 2.70. The number of hydrogen-bond acceptors (Lipinski definition) is 4. The van der Waals surface area contributed by atoms with Gasteiger partial charge in [-0.1, -0.05) is 24.3 Å². The standard InChI is InChI=1S/C19H17FN2OS2/c20-16-8-2-1-5-13(16)12-25-18-15-7-3-9-17(15)22(19(23)21-18)11-14-6-4-10-24-14/h1-2,4-6,8,10H,3,7,9,11-12H2. The van der Waals surface area contributed by atoms with E-state index in [4.69, 9.17) is 0 Å². The normalized spacial score (nSPS) is 13.2. The Kier molecular flexibility index (Phi) is 4.72. The first-order valence-electron chi connectivity index (χ1n) is 8.23. The number of benzene rings is 1. The second-order valence-electron chi connectivity index (χ2n) is 6.02. The minimum atomic E-state index is -0.210. The van der Waals surface area contributed by atoms with E-state index < -0.39 is 0 Å². The van der Waals surface area contributed by atoms with Gasteiger partial charge >= 0.3 is 5.69 Å². The summed E-state index contributed by atoms with van der Waals surface area (Å²) in [7, 11) is 0. The predicted molar refractivity (Wildman–Crippen MR) is 99.9 cm³/mol. The van der Waals surface area contributed by atoms with Crippen molar-refractivity contribution in [2.24, 2.45) is 0 Å². The molecule has 1 aliphatic carbocycles. The van der Waals surface area contributed by atoms with Crippen molar-refractivity contribution >= 4 is 23.1 Å². The van der Waals surface area contributed by atoms with Crippen LogP contribution in [0, 0.1) is 5.82 Å². The van der Waals surface area contributed by atoms with Gasteiger partial charge in [0.05, 0.1) is 6.54 Å². The molecule has 6 heteroatoms. The molecule has 1 aromatic carbocycles. The van der Waals surface area contributed by atoms with Crippen molar-refractivity contribution in [3.05, 3.63) is 79.8 Å². The molecule has 0 atom stereocenters. The van der Waals surface area contributed by atoms with Crippen LogP contribution < -0.4 is 5.69 Å². The second-order valence-corrected chi connectivity index (χ2v) is 8.02. The highest BCUT2D eigenvalue weighted by Crippen LogP contribution is 2.31. The highest BCUT2D eigenvalue weighted by atomic mass is 32.2. The van der Waals surface area contributed by atoms with Crippen LogP contribution in [0.15, 0.2) is 51.6 Å². The molecule has 1 aliphatic rings. The first kappa shape index (κ1) is 16.5.